The topological polar surface area (TPSA) is 125 Å². The minimum absolute atomic E-state index is 0.0945. The van der Waals surface area contributed by atoms with Crippen molar-refractivity contribution in [1.82, 2.24) is 20.2 Å². The minimum Gasteiger partial charge on any atom is -0.460 e. The number of hydrogen-bond acceptors (Lipinski definition) is 6. The summed E-state index contributed by atoms with van der Waals surface area (Å²) >= 11 is 0. The van der Waals surface area contributed by atoms with Crippen LogP contribution in [0.4, 0.5) is 4.39 Å². The van der Waals surface area contributed by atoms with Crippen molar-refractivity contribution in [3.05, 3.63) is 53.7 Å². The molecule has 1 aromatic heterocycles. The number of aromatic nitrogens is 2. The fourth-order valence-corrected chi connectivity index (χ4v) is 5.05. The fourth-order valence-electron chi connectivity index (χ4n) is 5.05. The number of carbonyl (C=O) groups excluding carboxylic acids is 3. The van der Waals surface area contributed by atoms with Crippen LogP contribution in [-0.4, -0.2) is 75.3 Å². The first-order chi connectivity index (χ1) is 18.3. The highest BCUT2D eigenvalue weighted by Crippen LogP contribution is 2.31. The van der Waals surface area contributed by atoms with Crippen LogP contribution in [-0.2, 0) is 20.7 Å². The molecule has 0 radical (unpaired) electrons. The second kappa shape index (κ2) is 13.2. The second-order valence-corrected chi connectivity index (χ2v) is 11.5. The number of aliphatic hydroxyl groups excluding tert-OH is 1. The maximum atomic E-state index is 14.7. The molecule has 1 saturated heterocycles. The van der Waals surface area contributed by atoms with E-state index in [1.807, 2.05) is 27.7 Å². The second-order valence-electron chi connectivity index (χ2n) is 11.5. The number of fused-ring (bicyclic) bond motifs is 3. The third-order valence-corrected chi connectivity index (χ3v) is 6.91. The number of hydrogen-bond donors (Lipinski definition) is 3. The van der Waals surface area contributed by atoms with E-state index in [2.05, 4.69) is 15.3 Å². The number of allylic oxidation sites excluding steroid dienone is 2. The Morgan fingerprint density at radius 2 is 1.95 bits per heavy atom. The monoisotopic (exact) mass is 544 g/mol. The summed E-state index contributed by atoms with van der Waals surface area (Å²) < 4.78 is 20.7. The highest BCUT2D eigenvalue weighted by atomic mass is 19.1. The van der Waals surface area contributed by atoms with Crippen LogP contribution in [0.1, 0.15) is 70.2 Å². The SMILES string of the molecule is CC1=C\[C@@H](O)C[C@@H](F)Cc2ncc([nH]2)C(=O)N2CCC[C@@H]2C(=O)O[C@H](C(C)(C)C)[C@H](C)/C=C/C(=O)NC\C=C\1. The number of rotatable bonds is 0. The number of imidazole rings is 1. The van der Waals surface area contributed by atoms with Gasteiger partial charge in [-0.25, -0.2) is 14.2 Å². The van der Waals surface area contributed by atoms with Crippen molar-refractivity contribution in [3.8, 4) is 0 Å². The summed E-state index contributed by atoms with van der Waals surface area (Å²) in [6.07, 6.45) is 7.49. The first kappa shape index (κ1) is 30.3. The van der Waals surface area contributed by atoms with Gasteiger partial charge in [-0.1, -0.05) is 57.6 Å². The van der Waals surface area contributed by atoms with E-state index in [4.69, 9.17) is 4.74 Å². The molecule has 5 atom stereocenters. The lowest BCUT2D eigenvalue weighted by Gasteiger charge is -2.35. The van der Waals surface area contributed by atoms with E-state index in [0.717, 1.165) is 5.57 Å². The zero-order valence-corrected chi connectivity index (χ0v) is 23.4. The number of nitrogens with zero attached hydrogens (tertiary/aromatic N) is 2. The van der Waals surface area contributed by atoms with Crippen molar-refractivity contribution >= 4 is 17.8 Å². The van der Waals surface area contributed by atoms with E-state index >= 15 is 0 Å². The molecule has 2 aliphatic heterocycles. The van der Waals surface area contributed by atoms with Crippen LogP contribution < -0.4 is 5.32 Å². The van der Waals surface area contributed by atoms with E-state index in [0.29, 0.717) is 25.2 Å². The molecule has 0 unspecified atom stereocenters. The van der Waals surface area contributed by atoms with Crippen molar-refractivity contribution in [2.24, 2.45) is 11.3 Å². The van der Waals surface area contributed by atoms with Gasteiger partial charge < -0.3 is 25.0 Å². The predicted octanol–water partition coefficient (Wildman–Crippen LogP) is 3.43. The highest BCUT2D eigenvalue weighted by Gasteiger charge is 2.40. The Labute approximate surface area is 229 Å². The van der Waals surface area contributed by atoms with Crippen LogP contribution >= 0.6 is 0 Å². The summed E-state index contributed by atoms with van der Waals surface area (Å²) in [6.45, 7) is 10.2. The largest absolute Gasteiger partial charge is 0.460 e. The first-order valence-electron chi connectivity index (χ1n) is 13.5. The quantitative estimate of drug-likeness (QED) is 0.430. The van der Waals surface area contributed by atoms with Crippen molar-refractivity contribution in [1.29, 1.82) is 0 Å². The summed E-state index contributed by atoms with van der Waals surface area (Å²) in [5, 5.41) is 13.0. The molecule has 0 aromatic carbocycles. The summed E-state index contributed by atoms with van der Waals surface area (Å²) in [6, 6.07) is -0.749. The molecule has 2 amide bonds. The molecule has 0 saturated carbocycles. The number of amides is 2. The number of esters is 1. The Morgan fingerprint density at radius 3 is 2.67 bits per heavy atom. The Balaban J connectivity index is 1.88. The minimum atomic E-state index is -1.39. The van der Waals surface area contributed by atoms with Gasteiger partial charge in [-0.05, 0) is 31.3 Å². The van der Waals surface area contributed by atoms with Gasteiger partial charge >= 0.3 is 5.97 Å². The summed E-state index contributed by atoms with van der Waals surface area (Å²) in [5.74, 6) is -1.16. The molecule has 1 aromatic rings. The van der Waals surface area contributed by atoms with Crippen molar-refractivity contribution < 1.29 is 28.6 Å². The Kier molecular flexibility index (Phi) is 10.2. The van der Waals surface area contributed by atoms with Gasteiger partial charge in [-0.3, -0.25) is 9.59 Å². The molecule has 3 rings (SSSR count). The lowest BCUT2D eigenvalue weighted by molar-refractivity contribution is -0.162. The van der Waals surface area contributed by atoms with Gasteiger partial charge in [-0.2, -0.15) is 0 Å². The van der Waals surface area contributed by atoms with E-state index < -0.39 is 41.7 Å². The molecule has 214 valence electrons. The lowest BCUT2D eigenvalue weighted by Crippen LogP contribution is -2.45. The number of aromatic amines is 1. The molecular formula is C29H41FN4O5. The number of halogens is 1. The summed E-state index contributed by atoms with van der Waals surface area (Å²) in [7, 11) is 0. The van der Waals surface area contributed by atoms with Gasteiger partial charge in [0.2, 0.25) is 5.91 Å². The number of cyclic esters (lactones) is 1. The Morgan fingerprint density at radius 1 is 1.21 bits per heavy atom. The number of aliphatic hydroxyl groups is 1. The highest BCUT2D eigenvalue weighted by molar-refractivity contribution is 5.95. The van der Waals surface area contributed by atoms with Gasteiger partial charge in [0.15, 0.2) is 0 Å². The molecule has 3 N–H and O–H groups in total. The molecule has 9 nitrogen and oxygen atoms in total. The van der Waals surface area contributed by atoms with E-state index in [-0.39, 0.29) is 36.9 Å². The molecule has 0 aliphatic carbocycles. The van der Waals surface area contributed by atoms with Gasteiger partial charge in [0, 0.05) is 31.8 Å². The van der Waals surface area contributed by atoms with E-state index in [1.165, 1.54) is 17.2 Å². The van der Waals surface area contributed by atoms with Crippen LogP contribution in [0.5, 0.6) is 0 Å². The number of alkyl halides is 1. The van der Waals surface area contributed by atoms with E-state index in [9.17, 15) is 23.9 Å². The maximum Gasteiger partial charge on any atom is 0.329 e. The maximum absolute atomic E-state index is 14.7. The number of ether oxygens (including phenoxy) is 1. The molecule has 2 bridgehead atoms. The number of H-pyrrole nitrogens is 1. The zero-order valence-electron chi connectivity index (χ0n) is 23.4. The first-order valence-corrected chi connectivity index (χ1v) is 13.5. The van der Waals surface area contributed by atoms with Gasteiger partial charge in [0.1, 0.15) is 29.8 Å². The number of carbonyl (C=O) groups is 3. The molecule has 2 aliphatic rings. The standard InChI is InChI=1S/C29H41FN4O5/c1-18-8-6-12-31-25(36)11-10-19(2)26(29(3,4)5)39-28(38)23-9-7-13-34(23)27(37)22-17-32-24(33-22)16-20(30)15-21(35)14-18/h6,8,10-11,14,17,19-21,23,26,35H,7,9,12-13,15-16H2,1-5H3,(H,31,36)(H,32,33)/b8-6+,11-10+,18-14+/t19-,20-,21-,23-,26+/m1/s1. The van der Waals surface area contributed by atoms with Crippen molar-refractivity contribution in [2.75, 3.05) is 13.1 Å². The molecule has 1 fully saturated rings. The van der Waals surface area contributed by atoms with Crippen LogP contribution in [0.15, 0.2) is 42.2 Å². The average molecular weight is 545 g/mol. The summed E-state index contributed by atoms with van der Waals surface area (Å²) in [5.41, 5.74) is 0.479. The van der Waals surface area contributed by atoms with Gasteiger partial charge in [0.05, 0.1) is 12.3 Å². The van der Waals surface area contributed by atoms with Crippen molar-refractivity contribution in [2.45, 2.75) is 84.7 Å². The molecule has 10 heteroatoms. The van der Waals surface area contributed by atoms with Gasteiger partial charge in [0.25, 0.3) is 5.91 Å². The molecule has 3 heterocycles. The molecule has 0 spiro atoms. The van der Waals surface area contributed by atoms with Crippen molar-refractivity contribution in [3.63, 3.8) is 0 Å². The van der Waals surface area contributed by atoms with Crippen LogP contribution in [0.25, 0.3) is 0 Å². The normalized spacial score (nSPS) is 31.5. The Hall–Kier alpha value is -3.27. The smallest absolute Gasteiger partial charge is 0.329 e. The zero-order chi connectivity index (χ0) is 28.7. The number of nitrogens with one attached hydrogen (secondary N) is 2. The molecular weight excluding hydrogens is 503 g/mol. The third kappa shape index (κ3) is 8.61. The van der Waals surface area contributed by atoms with Crippen LogP contribution in [0.3, 0.4) is 0 Å². The lowest BCUT2D eigenvalue weighted by atomic mass is 9.81. The third-order valence-electron chi connectivity index (χ3n) is 6.91. The Bertz CT molecular complexity index is 1120. The predicted molar refractivity (Wildman–Crippen MR) is 145 cm³/mol. The van der Waals surface area contributed by atoms with Gasteiger partial charge in [-0.15, -0.1) is 0 Å². The fraction of sp³-hybridized carbons (Fsp3) is 0.586. The van der Waals surface area contributed by atoms with Crippen LogP contribution in [0, 0.1) is 11.3 Å². The average Bonchev–Trinajstić information content (AvgIpc) is 3.51. The summed E-state index contributed by atoms with van der Waals surface area (Å²) in [4.78, 5) is 47.4. The van der Waals surface area contributed by atoms with E-state index in [1.54, 1.807) is 31.2 Å². The molecule has 39 heavy (non-hydrogen) atoms. The van der Waals surface area contributed by atoms with Crippen LogP contribution in [0.2, 0.25) is 0 Å².